The molecule has 3 unspecified atom stereocenters. The van der Waals surface area contributed by atoms with Crippen LogP contribution in [-0.4, -0.2) is 59.0 Å². The summed E-state index contributed by atoms with van der Waals surface area (Å²) in [7, 11) is 0. The lowest BCUT2D eigenvalue weighted by Gasteiger charge is -2.72. The van der Waals surface area contributed by atoms with Crippen LogP contribution >= 0.6 is 0 Å². The van der Waals surface area contributed by atoms with Gasteiger partial charge in [-0.25, -0.2) is 0 Å². The summed E-state index contributed by atoms with van der Waals surface area (Å²) in [5, 5.41) is 13.3. The van der Waals surface area contributed by atoms with E-state index in [0.717, 1.165) is 96.6 Å². The third-order valence-corrected chi connectivity index (χ3v) is 19.2. The second-order valence-electron chi connectivity index (χ2n) is 22.7. The molecule has 7 aliphatic rings. The summed E-state index contributed by atoms with van der Waals surface area (Å²) in [6.45, 7) is 28.4. The first-order valence-electron chi connectivity index (χ1n) is 22.2. The molecular formula is C47H74N2O6. The molecule has 7 fully saturated rings. The van der Waals surface area contributed by atoms with Gasteiger partial charge in [-0.15, -0.1) is 0 Å². The van der Waals surface area contributed by atoms with Crippen LogP contribution in [-0.2, 0) is 23.9 Å². The molecular weight excluding hydrogens is 689 g/mol. The number of carbonyl (C=O) groups is 4. The molecule has 0 spiro atoms. The molecule has 6 aliphatic carbocycles. The Kier molecular flexibility index (Phi) is 9.89. The topological polar surface area (TPSA) is 113 Å². The van der Waals surface area contributed by atoms with Gasteiger partial charge in [0.05, 0.1) is 17.3 Å². The highest BCUT2D eigenvalue weighted by Crippen LogP contribution is 2.78. The largest absolute Gasteiger partial charge is 0.481 e. The molecule has 0 aromatic carbocycles. The highest BCUT2D eigenvalue weighted by molar-refractivity contribution is 5.86. The predicted octanol–water partition coefficient (Wildman–Crippen LogP) is 9.21. The van der Waals surface area contributed by atoms with E-state index in [2.05, 4.69) is 67.3 Å². The number of amides is 2. The fraction of sp³-hybridized carbons (Fsp3) is 0.872. The number of nitrogens with zero attached hydrogens (tertiary/aromatic N) is 1. The SMILES string of the molecule is C=C(C)[C@@H]1CC[C@]2(C(=O)NC3C[C@H](C(=O)N4CCCC4)C3(C)C)CC[C@@]3(C)C4CC[C@H]5C(C)(C)[C@@H](OC(=O)CC(C)(C)C(=O)O)CC[C@]5(C)[C@H]4CC[C@]3(C)C12. The smallest absolute Gasteiger partial charge is 0.309 e. The van der Waals surface area contributed by atoms with Crippen molar-refractivity contribution in [2.24, 2.45) is 73.4 Å². The van der Waals surface area contributed by atoms with Gasteiger partial charge < -0.3 is 20.1 Å². The number of nitrogens with one attached hydrogen (secondary N) is 1. The Morgan fingerprint density at radius 3 is 2.11 bits per heavy atom. The number of carboxylic acid groups (broad SMARTS) is 1. The van der Waals surface area contributed by atoms with Crippen LogP contribution in [0.3, 0.4) is 0 Å². The summed E-state index contributed by atoms with van der Waals surface area (Å²) < 4.78 is 6.19. The Labute approximate surface area is 332 Å². The monoisotopic (exact) mass is 763 g/mol. The molecule has 2 amide bonds. The van der Waals surface area contributed by atoms with E-state index in [1.54, 1.807) is 13.8 Å². The van der Waals surface area contributed by atoms with Crippen molar-refractivity contribution in [1.82, 2.24) is 10.2 Å². The van der Waals surface area contributed by atoms with Crippen molar-refractivity contribution in [1.29, 1.82) is 0 Å². The molecule has 6 saturated carbocycles. The fourth-order valence-corrected chi connectivity index (χ4v) is 15.4. The molecule has 7 rings (SSSR count). The normalized spacial score (nSPS) is 44.1. The summed E-state index contributed by atoms with van der Waals surface area (Å²) in [5.74, 6) is 1.23. The number of carbonyl (C=O) groups excluding carboxylic acids is 3. The van der Waals surface area contributed by atoms with Gasteiger partial charge in [0.15, 0.2) is 0 Å². The number of likely N-dealkylation sites (tertiary alicyclic amines) is 1. The second-order valence-corrected chi connectivity index (χ2v) is 22.7. The Morgan fingerprint density at radius 2 is 1.49 bits per heavy atom. The molecule has 1 saturated heterocycles. The average molecular weight is 763 g/mol. The lowest BCUT2D eigenvalue weighted by molar-refractivity contribution is -0.240. The predicted molar refractivity (Wildman–Crippen MR) is 215 cm³/mol. The number of fused-ring (bicyclic) bond motifs is 7. The minimum absolute atomic E-state index is 0.00432. The zero-order chi connectivity index (χ0) is 40.3. The van der Waals surface area contributed by atoms with Gasteiger partial charge in [0.2, 0.25) is 11.8 Å². The van der Waals surface area contributed by atoms with Crippen molar-refractivity contribution in [3.8, 4) is 0 Å². The Bertz CT molecular complexity index is 1610. The van der Waals surface area contributed by atoms with E-state index in [9.17, 15) is 19.5 Å². The first kappa shape index (κ1) is 40.8. The van der Waals surface area contributed by atoms with E-state index >= 15 is 4.79 Å². The van der Waals surface area contributed by atoms with Crippen LogP contribution in [0.1, 0.15) is 159 Å². The van der Waals surface area contributed by atoms with Gasteiger partial charge in [-0.1, -0.05) is 60.6 Å². The maximum absolute atomic E-state index is 15.0. The zero-order valence-electron chi connectivity index (χ0n) is 36.1. The highest BCUT2D eigenvalue weighted by atomic mass is 16.5. The van der Waals surface area contributed by atoms with Gasteiger partial charge in [-0.05, 0) is 155 Å². The number of ether oxygens (including phenoxy) is 1. The Balaban J connectivity index is 1.11. The molecule has 12 atom stereocenters. The van der Waals surface area contributed by atoms with Crippen molar-refractivity contribution in [2.75, 3.05) is 13.1 Å². The molecule has 8 heteroatoms. The van der Waals surface area contributed by atoms with Gasteiger partial charge in [0.25, 0.3) is 0 Å². The van der Waals surface area contributed by atoms with E-state index in [4.69, 9.17) is 4.74 Å². The van der Waals surface area contributed by atoms with Crippen molar-refractivity contribution in [3.05, 3.63) is 12.2 Å². The molecule has 0 aromatic rings. The maximum atomic E-state index is 15.0. The molecule has 0 aromatic heterocycles. The number of hydrogen-bond donors (Lipinski definition) is 2. The minimum atomic E-state index is -1.16. The molecule has 0 radical (unpaired) electrons. The number of aliphatic carboxylic acids is 1. The highest BCUT2D eigenvalue weighted by Gasteiger charge is 2.73. The van der Waals surface area contributed by atoms with Crippen molar-refractivity contribution in [2.45, 2.75) is 171 Å². The fourth-order valence-electron chi connectivity index (χ4n) is 15.4. The maximum Gasteiger partial charge on any atom is 0.309 e. The number of carboxylic acids is 1. The lowest BCUT2D eigenvalue weighted by atomic mass is 9.33. The summed E-state index contributed by atoms with van der Waals surface area (Å²) >= 11 is 0. The number of rotatable bonds is 8. The van der Waals surface area contributed by atoms with E-state index in [0.29, 0.717) is 23.7 Å². The molecule has 1 aliphatic heterocycles. The first-order valence-corrected chi connectivity index (χ1v) is 22.2. The molecule has 55 heavy (non-hydrogen) atoms. The summed E-state index contributed by atoms with van der Waals surface area (Å²) in [6.07, 6.45) is 12.8. The summed E-state index contributed by atoms with van der Waals surface area (Å²) in [6, 6.07) is 0.0175. The Morgan fingerprint density at radius 1 is 0.818 bits per heavy atom. The van der Waals surface area contributed by atoms with Crippen LogP contribution in [0.4, 0.5) is 0 Å². The molecule has 1 heterocycles. The molecule has 0 bridgehead atoms. The average Bonchev–Trinajstić information content (AvgIpc) is 3.78. The van der Waals surface area contributed by atoms with Crippen molar-refractivity contribution >= 4 is 23.8 Å². The molecule has 8 nitrogen and oxygen atoms in total. The van der Waals surface area contributed by atoms with Crippen LogP contribution in [0.25, 0.3) is 0 Å². The van der Waals surface area contributed by atoms with Crippen LogP contribution in [0.5, 0.6) is 0 Å². The summed E-state index contributed by atoms with van der Waals surface area (Å²) in [5.41, 5.74) is -0.605. The van der Waals surface area contributed by atoms with E-state index in [1.807, 2.05) is 4.90 Å². The van der Waals surface area contributed by atoms with Crippen LogP contribution in [0.15, 0.2) is 12.2 Å². The second kappa shape index (κ2) is 13.3. The number of allylic oxidation sites excluding steroid dienone is 1. The first-order chi connectivity index (χ1) is 25.5. The minimum Gasteiger partial charge on any atom is -0.481 e. The zero-order valence-corrected chi connectivity index (χ0v) is 36.1. The lowest BCUT2D eigenvalue weighted by Crippen LogP contribution is -2.68. The van der Waals surface area contributed by atoms with E-state index < -0.39 is 22.8 Å². The van der Waals surface area contributed by atoms with E-state index in [1.165, 1.54) is 5.57 Å². The van der Waals surface area contributed by atoms with Gasteiger partial charge in [-0.2, -0.15) is 0 Å². The van der Waals surface area contributed by atoms with Gasteiger partial charge in [-0.3, -0.25) is 19.2 Å². The van der Waals surface area contributed by atoms with Crippen molar-refractivity contribution < 1.29 is 29.0 Å². The standard InChI is InChI=1S/C47H74N2O6/c1-28(2)29-16-21-47(39(52)48-34-26-32(42(34,5)6)38(51)49-24-12-13-25-49)23-22-45(10)31-14-15-33-43(7,8)35(55-36(50)27-41(3,4)40(53)54)18-19-44(33,9)30(31)17-20-46(45,11)37(29)47/h29-35,37H,1,12-27H2,2-11H3,(H,48,52)(H,53,54)/t29-,30-,31?,32+,33-,34?,35-,37?,44+,45-,46+,47-/m0/s1. The van der Waals surface area contributed by atoms with Crippen LogP contribution in [0.2, 0.25) is 0 Å². The number of esters is 1. The van der Waals surface area contributed by atoms with Crippen LogP contribution in [0, 0.1) is 73.4 Å². The molecule has 2 N–H and O–H groups in total. The van der Waals surface area contributed by atoms with Gasteiger partial charge in [0, 0.05) is 30.5 Å². The third-order valence-electron chi connectivity index (χ3n) is 19.2. The van der Waals surface area contributed by atoms with Gasteiger partial charge >= 0.3 is 11.9 Å². The number of hydrogen-bond acceptors (Lipinski definition) is 5. The van der Waals surface area contributed by atoms with E-state index in [-0.39, 0.29) is 69.3 Å². The van der Waals surface area contributed by atoms with Crippen LogP contribution < -0.4 is 5.32 Å². The summed E-state index contributed by atoms with van der Waals surface area (Å²) in [4.78, 5) is 55.4. The van der Waals surface area contributed by atoms with Crippen molar-refractivity contribution in [3.63, 3.8) is 0 Å². The van der Waals surface area contributed by atoms with Gasteiger partial charge in [0.1, 0.15) is 6.10 Å². The Hall–Kier alpha value is -2.38. The third kappa shape index (κ3) is 5.91. The quantitative estimate of drug-likeness (QED) is 0.188. The molecule has 308 valence electrons.